The van der Waals surface area contributed by atoms with E-state index in [0.29, 0.717) is 33.2 Å². The fourth-order valence-electron chi connectivity index (χ4n) is 4.21. The van der Waals surface area contributed by atoms with Crippen LogP contribution in [0.25, 0.3) is 6.08 Å². The van der Waals surface area contributed by atoms with Crippen LogP contribution in [0.2, 0.25) is 0 Å². The highest BCUT2D eigenvalue weighted by Gasteiger charge is 2.34. The number of carbonyl (C=O) groups excluding carboxylic acids is 3. The Hall–Kier alpha value is -5.23. The summed E-state index contributed by atoms with van der Waals surface area (Å²) in [7, 11) is 2.98. The van der Waals surface area contributed by atoms with Crippen molar-refractivity contribution in [3.63, 3.8) is 0 Å². The van der Waals surface area contributed by atoms with Crippen molar-refractivity contribution in [2.45, 2.75) is 23.2 Å². The number of hydrogen-bond acceptors (Lipinski definition) is 6. The zero-order chi connectivity index (χ0) is 33.3. The summed E-state index contributed by atoms with van der Waals surface area (Å²) in [4.78, 5) is 39.9. The Morgan fingerprint density at radius 3 is 2.24 bits per heavy atom. The molecule has 0 aliphatic carbocycles. The second-order valence-corrected chi connectivity index (χ2v) is 11.2. The van der Waals surface area contributed by atoms with E-state index < -0.39 is 34.7 Å². The van der Waals surface area contributed by atoms with Gasteiger partial charge in [0.05, 0.1) is 30.7 Å². The summed E-state index contributed by atoms with van der Waals surface area (Å²) < 4.78 is 50.8. The molecule has 0 aromatic heterocycles. The molecular formula is C34H30F3N3O5S. The molecule has 0 bridgehead atoms. The third-order valence-corrected chi connectivity index (χ3v) is 7.63. The molecule has 46 heavy (non-hydrogen) atoms. The number of anilines is 2. The van der Waals surface area contributed by atoms with Gasteiger partial charge in [-0.1, -0.05) is 36.4 Å². The van der Waals surface area contributed by atoms with E-state index in [9.17, 15) is 27.6 Å². The van der Waals surface area contributed by atoms with E-state index in [1.54, 1.807) is 79.7 Å². The van der Waals surface area contributed by atoms with Gasteiger partial charge in [-0.2, -0.15) is 13.2 Å². The summed E-state index contributed by atoms with van der Waals surface area (Å²) in [5, 5.41) is 7.00. The first-order valence-corrected chi connectivity index (χ1v) is 14.7. The van der Waals surface area contributed by atoms with Gasteiger partial charge in [0.2, 0.25) is 5.91 Å². The second-order valence-electron chi connectivity index (χ2n) is 9.76. The lowest BCUT2D eigenvalue weighted by atomic mass is 10.1. The number of amides is 3. The van der Waals surface area contributed by atoms with Crippen LogP contribution in [-0.4, -0.2) is 37.2 Å². The summed E-state index contributed by atoms with van der Waals surface area (Å²) in [6.07, 6.45) is -3.16. The zero-order valence-corrected chi connectivity index (χ0v) is 25.8. The van der Waals surface area contributed by atoms with Gasteiger partial charge in [0, 0.05) is 27.8 Å². The smallest absolute Gasteiger partial charge is 0.418 e. The number of hydrogen-bond donors (Lipinski definition) is 3. The monoisotopic (exact) mass is 649 g/mol. The normalized spacial score (nSPS) is 12.1. The molecule has 0 aliphatic rings. The van der Waals surface area contributed by atoms with Gasteiger partial charge in [-0.25, -0.2) is 0 Å². The third kappa shape index (κ3) is 8.91. The Morgan fingerprint density at radius 2 is 1.54 bits per heavy atom. The fourth-order valence-corrected chi connectivity index (χ4v) is 5.14. The molecule has 0 saturated carbocycles. The van der Waals surface area contributed by atoms with Crippen LogP contribution >= 0.6 is 11.8 Å². The molecule has 1 unspecified atom stereocenters. The first-order chi connectivity index (χ1) is 22.0. The molecule has 3 N–H and O–H groups in total. The summed E-state index contributed by atoms with van der Waals surface area (Å²) in [5.74, 6) is -0.833. The molecule has 3 amide bonds. The van der Waals surface area contributed by atoms with Crippen molar-refractivity contribution >= 4 is 46.9 Å². The molecular weight excluding hydrogens is 619 g/mol. The van der Waals surface area contributed by atoms with Crippen molar-refractivity contribution in [2.75, 3.05) is 24.9 Å². The predicted octanol–water partition coefficient (Wildman–Crippen LogP) is 7.25. The number of ether oxygens (including phenoxy) is 2. The molecule has 238 valence electrons. The van der Waals surface area contributed by atoms with Crippen LogP contribution in [0.15, 0.2) is 108 Å². The van der Waals surface area contributed by atoms with Gasteiger partial charge in [-0.05, 0) is 67.6 Å². The largest absolute Gasteiger partial charge is 0.497 e. The van der Waals surface area contributed by atoms with Gasteiger partial charge in [0.25, 0.3) is 11.8 Å². The number of carbonyl (C=O) groups is 3. The van der Waals surface area contributed by atoms with Crippen LogP contribution in [0.5, 0.6) is 11.5 Å². The van der Waals surface area contributed by atoms with E-state index in [-0.39, 0.29) is 11.4 Å². The molecule has 0 heterocycles. The average Bonchev–Trinajstić information content (AvgIpc) is 3.04. The summed E-state index contributed by atoms with van der Waals surface area (Å²) in [6, 6.07) is 24.7. The number of thioether (sulfide) groups is 1. The lowest BCUT2D eigenvalue weighted by molar-refractivity contribution is -0.137. The fraction of sp³-hybridized carbons (Fsp3) is 0.147. The lowest BCUT2D eigenvalue weighted by Crippen LogP contribution is -2.30. The van der Waals surface area contributed by atoms with E-state index in [2.05, 4.69) is 16.0 Å². The molecule has 8 nitrogen and oxygen atoms in total. The van der Waals surface area contributed by atoms with Crippen molar-refractivity contribution in [3.8, 4) is 11.5 Å². The number of methoxy groups -OCH3 is 2. The Kier molecular flexibility index (Phi) is 11.1. The van der Waals surface area contributed by atoms with E-state index in [1.165, 1.54) is 38.5 Å². The molecule has 0 spiro atoms. The Labute approximate surface area is 268 Å². The molecule has 0 aliphatic heterocycles. The van der Waals surface area contributed by atoms with E-state index >= 15 is 0 Å². The number of benzene rings is 4. The van der Waals surface area contributed by atoms with Crippen LogP contribution in [0, 0.1) is 0 Å². The quantitative estimate of drug-likeness (QED) is 0.117. The number of alkyl halides is 3. The maximum absolute atomic E-state index is 13.5. The van der Waals surface area contributed by atoms with Crippen LogP contribution in [0.4, 0.5) is 24.5 Å². The number of halogens is 3. The molecule has 0 radical (unpaired) electrons. The average molecular weight is 650 g/mol. The number of para-hydroxylation sites is 1. The summed E-state index contributed by atoms with van der Waals surface area (Å²) in [6.45, 7) is 1.56. The van der Waals surface area contributed by atoms with Gasteiger partial charge < -0.3 is 25.4 Å². The Balaban J connectivity index is 1.53. The molecule has 0 fully saturated rings. The maximum Gasteiger partial charge on any atom is 0.418 e. The first-order valence-electron chi connectivity index (χ1n) is 13.8. The van der Waals surface area contributed by atoms with E-state index in [4.69, 9.17) is 9.47 Å². The molecule has 1 atom stereocenters. The number of rotatable bonds is 11. The summed E-state index contributed by atoms with van der Waals surface area (Å²) >= 11 is 1.10. The van der Waals surface area contributed by atoms with Crippen molar-refractivity contribution in [3.05, 3.63) is 119 Å². The predicted molar refractivity (Wildman–Crippen MR) is 172 cm³/mol. The van der Waals surface area contributed by atoms with E-state index in [1.807, 2.05) is 0 Å². The molecule has 4 aromatic rings. The molecule has 4 aromatic carbocycles. The van der Waals surface area contributed by atoms with Crippen molar-refractivity contribution in [1.29, 1.82) is 0 Å². The molecule has 12 heteroatoms. The van der Waals surface area contributed by atoms with Gasteiger partial charge in [-0.15, -0.1) is 11.8 Å². The Bertz CT molecular complexity index is 1750. The maximum atomic E-state index is 13.5. The summed E-state index contributed by atoms with van der Waals surface area (Å²) in [5.41, 5.74) is -0.165. The van der Waals surface area contributed by atoms with Crippen molar-refractivity contribution < 1.29 is 37.0 Å². The zero-order valence-electron chi connectivity index (χ0n) is 25.0. The third-order valence-electron chi connectivity index (χ3n) is 6.53. The molecule has 4 rings (SSSR count). The van der Waals surface area contributed by atoms with Gasteiger partial charge in [-0.3, -0.25) is 14.4 Å². The first kappa shape index (κ1) is 33.7. The topological polar surface area (TPSA) is 106 Å². The van der Waals surface area contributed by atoms with Crippen molar-refractivity contribution in [1.82, 2.24) is 5.32 Å². The van der Waals surface area contributed by atoms with Crippen LogP contribution in [0.3, 0.4) is 0 Å². The molecule has 0 saturated heterocycles. The van der Waals surface area contributed by atoms with Gasteiger partial charge in [0.15, 0.2) is 0 Å². The Morgan fingerprint density at radius 1 is 0.826 bits per heavy atom. The van der Waals surface area contributed by atoms with Crippen LogP contribution < -0.4 is 25.4 Å². The minimum Gasteiger partial charge on any atom is -0.497 e. The van der Waals surface area contributed by atoms with Crippen molar-refractivity contribution in [2.24, 2.45) is 0 Å². The van der Waals surface area contributed by atoms with Crippen LogP contribution in [-0.2, 0) is 15.8 Å². The standard InChI is InChI=1S/C34H30F3N3O5S/c1-21(31(41)39-28-15-8-7-14-27(28)34(35,36)37)46-26-13-9-12-24(19-26)38-33(43)29(40-32(42)22-10-5-4-6-11-22)18-23-16-17-25(44-2)20-30(23)45-3/h4-21H,1-3H3,(H,38,43)(H,39,41)(H,40,42)/b29-18+. The SMILES string of the molecule is COc1ccc(/C=C(/NC(=O)c2ccccc2)C(=O)Nc2cccc(SC(C)C(=O)Nc3ccccc3C(F)(F)F)c2)c(OC)c1. The highest BCUT2D eigenvalue weighted by molar-refractivity contribution is 8.00. The van der Waals surface area contributed by atoms with Gasteiger partial charge >= 0.3 is 6.18 Å². The highest BCUT2D eigenvalue weighted by atomic mass is 32.2. The van der Waals surface area contributed by atoms with Crippen LogP contribution in [0.1, 0.15) is 28.4 Å². The van der Waals surface area contributed by atoms with E-state index in [0.717, 1.165) is 17.8 Å². The minimum absolute atomic E-state index is 0.0774. The lowest BCUT2D eigenvalue weighted by Gasteiger charge is -2.17. The highest BCUT2D eigenvalue weighted by Crippen LogP contribution is 2.35. The number of nitrogens with one attached hydrogen (secondary N) is 3. The van der Waals surface area contributed by atoms with Gasteiger partial charge in [0.1, 0.15) is 17.2 Å². The second kappa shape index (κ2) is 15.2. The minimum atomic E-state index is -4.63.